The molecule has 0 saturated heterocycles. The van der Waals surface area contributed by atoms with Crippen LogP contribution in [0.15, 0.2) is 73.2 Å². The van der Waals surface area contributed by atoms with Crippen LogP contribution in [0.25, 0.3) is 16.9 Å². The monoisotopic (exact) mass is 376 g/mol. The summed E-state index contributed by atoms with van der Waals surface area (Å²) in [7, 11) is 0. The maximum Gasteiger partial charge on any atom is 0.251 e. The first-order valence-electron chi connectivity index (χ1n) is 8.62. The van der Waals surface area contributed by atoms with Gasteiger partial charge in [-0.05, 0) is 54.4 Å². The van der Waals surface area contributed by atoms with Crippen LogP contribution in [0.4, 0.5) is 0 Å². The minimum atomic E-state index is -0.108. The van der Waals surface area contributed by atoms with Crippen LogP contribution in [-0.4, -0.2) is 27.0 Å². The van der Waals surface area contributed by atoms with Gasteiger partial charge in [0.15, 0.2) is 5.65 Å². The largest absolute Gasteiger partial charge is 0.352 e. The molecule has 27 heavy (non-hydrogen) atoms. The second kappa shape index (κ2) is 7.60. The molecule has 6 heteroatoms. The van der Waals surface area contributed by atoms with Gasteiger partial charge in [-0.3, -0.25) is 9.36 Å². The van der Waals surface area contributed by atoms with Crippen LogP contribution >= 0.6 is 11.6 Å². The van der Waals surface area contributed by atoms with Crippen molar-refractivity contribution in [1.82, 2.24) is 19.9 Å². The maximum atomic E-state index is 12.5. The Morgan fingerprint density at radius 2 is 1.89 bits per heavy atom. The number of amides is 1. The normalized spacial score (nSPS) is 10.9. The molecule has 0 radical (unpaired) electrons. The summed E-state index contributed by atoms with van der Waals surface area (Å²) < 4.78 is 1.87. The van der Waals surface area contributed by atoms with E-state index in [4.69, 9.17) is 11.6 Å². The number of hydrogen-bond donors (Lipinski definition) is 1. The van der Waals surface area contributed by atoms with Crippen LogP contribution in [0.1, 0.15) is 15.9 Å². The lowest BCUT2D eigenvalue weighted by atomic mass is 10.1. The van der Waals surface area contributed by atoms with Crippen molar-refractivity contribution in [3.05, 3.63) is 89.3 Å². The zero-order valence-corrected chi connectivity index (χ0v) is 15.2. The van der Waals surface area contributed by atoms with E-state index in [9.17, 15) is 4.79 Å². The second-order valence-electron chi connectivity index (χ2n) is 6.14. The first kappa shape index (κ1) is 17.2. The molecule has 0 aliphatic heterocycles. The van der Waals surface area contributed by atoms with Gasteiger partial charge in [-0.15, -0.1) is 0 Å². The van der Waals surface area contributed by atoms with E-state index >= 15 is 0 Å². The average Bonchev–Trinajstić information content (AvgIpc) is 3.14. The molecule has 1 N–H and O–H groups in total. The zero-order chi connectivity index (χ0) is 18.6. The summed E-state index contributed by atoms with van der Waals surface area (Å²) in [5.41, 5.74) is 4.15. The molecule has 2 aromatic heterocycles. The lowest BCUT2D eigenvalue weighted by Crippen LogP contribution is -2.25. The number of carbonyl (C=O) groups is 1. The van der Waals surface area contributed by atoms with Gasteiger partial charge in [0.25, 0.3) is 5.91 Å². The van der Waals surface area contributed by atoms with Crippen molar-refractivity contribution >= 4 is 28.7 Å². The number of hydrogen-bond acceptors (Lipinski definition) is 3. The van der Waals surface area contributed by atoms with Gasteiger partial charge in [-0.1, -0.05) is 29.8 Å². The maximum absolute atomic E-state index is 12.5. The Morgan fingerprint density at radius 3 is 2.74 bits per heavy atom. The number of halogens is 1. The van der Waals surface area contributed by atoms with Crippen molar-refractivity contribution in [2.75, 3.05) is 6.54 Å². The molecule has 0 fully saturated rings. The average molecular weight is 377 g/mol. The van der Waals surface area contributed by atoms with E-state index in [1.165, 1.54) is 0 Å². The fourth-order valence-electron chi connectivity index (χ4n) is 2.91. The predicted octanol–water partition coefficient (Wildman–Crippen LogP) is 4.05. The fourth-order valence-corrected chi connectivity index (χ4v) is 3.03. The number of nitrogens with one attached hydrogen (secondary N) is 1. The second-order valence-corrected chi connectivity index (χ2v) is 6.58. The minimum absolute atomic E-state index is 0.108. The van der Waals surface area contributed by atoms with E-state index < -0.39 is 0 Å². The van der Waals surface area contributed by atoms with Crippen LogP contribution in [0.3, 0.4) is 0 Å². The Balaban J connectivity index is 1.47. The molecule has 0 spiro atoms. The van der Waals surface area contributed by atoms with E-state index in [1.54, 1.807) is 18.6 Å². The zero-order valence-electron chi connectivity index (χ0n) is 14.5. The van der Waals surface area contributed by atoms with Crippen molar-refractivity contribution in [3.8, 4) is 5.69 Å². The molecular formula is C21H17ClN4O. The molecule has 0 aliphatic rings. The summed E-state index contributed by atoms with van der Waals surface area (Å²) in [6, 6.07) is 18.8. The minimum Gasteiger partial charge on any atom is -0.352 e. The van der Waals surface area contributed by atoms with E-state index in [0.717, 1.165) is 28.8 Å². The topological polar surface area (TPSA) is 59.8 Å². The summed E-state index contributed by atoms with van der Waals surface area (Å²) in [6.45, 7) is 0.556. The fraction of sp³-hybridized carbons (Fsp3) is 0.0952. The summed E-state index contributed by atoms with van der Waals surface area (Å²) in [5, 5.41) is 3.67. The van der Waals surface area contributed by atoms with Crippen LogP contribution in [0.2, 0.25) is 5.02 Å². The molecule has 2 aromatic carbocycles. The van der Waals surface area contributed by atoms with Crippen LogP contribution in [0.5, 0.6) is 0 Å². The third kappa shape index (κ3) is 3.83. The quantitative estimate of drug-likeness (QED) is 0.571. The number of nitrogens with zero attached hydrogens (tertiary/aromatic N) is 3. The van der Waals surface area contributed by atoms with E-state index in [1.807, 2.05) is 59.2 Å². The molecular weight excluding hydrogens is 360 g/mol. The number of carbonyl (C=O) groups excluding carboxylic acids is 1. The lowest BCUT2D eigenvalue weighted by Gasteiger charge is -2.08. The standard InChI is InChI=1S/C21H17ClN4O/c22-17-8-6-15(7-9-17)10-12-24-21(27)16-3-1-4-18(13-16)26-14-25-19-5-2-11-23-20(19)26/h1-9,11,13-14H,10,12H2,(H,24,27). The summed E-state index contributed by atoms with van der Waals surface area (Å²) in [5.74, 6) is -0.108. The molecule has 2 heterocycles. The number of pyridine rings is 1. The molecule has 0 bridgehead atoms. The Hall–Kier alpha value is -3.18. The first-order valence-corrected chi connectivity index (χ1v) is 9.00. The summed E-state index contributed by atoms with van der Waals surface area (Å²) in [4.78, 5) is 21.2. The number of aromatic nitrogens is 3. The molecule has 0 unspecified atom stereocenters. The summed E-state index contributed by atoms with van der Waals surface area (Å²) >= 11 is 5.89. The van der Waals surface area contributed by atoms with E-state index in [0.29, 0.717) is 17.1 Å². The molecule has 4 rings (SSSR count). The molecule has 0 saturated carbocycles. The number of fused-ring (bicyclic) bond motifs is 1. The number of benzene rings is 2. The highest BCUT2D eigenvalue weighted by atomic mass is 35.5. The van der Waals surface area contributed by atoms with Gasteiger partial charge < -0.3 is 5.32 Å². The van der Waals surface area contributed by atoms with E-state index in [-0.39, 0.29) is 5.91 Å². The van der Waals surface area contributed by atoms with Crippen molar-refractivity contribution in [2.24, 2.45) is 0 Å². The smallest absolute Gasteiger partial charge is 0.251 e. The molecule has 0 atom stereocenters. The van der Waals surface area contributed by atoms with Gasteiger partial charge in [-0.25, -0.2) is 9.97 Å². The van der Waals surface area contributed by atoms with Gasteiger partial charge in [0.05, 0.1) is 0 Å². The Morgan fingerprint density at radius 1 is 1.04 bits per heavy atom. The first-order chi connectivity index (χ1) is 13.2. The van der Waals surface area contributed by atoms with Gasteiger partial charge >= 0.3 is 0 Å². The Kier molecular flexibility index (Phi) is 4.85. The number of imidazole rings is 1. The SMILES string of the molecule is O=C(NCCc1ccc(Cl)cc1)c1cccc(-n2cnc3cccnc32)c1. The van der Waals surface area contributed by atoms with Crippen molar-refractivity contribution in [2.45, 2.75) is 6.42 Å². The van der Waals surface area contributed by atoms with Gasteiger partial charge in [0, 0.05) is 29.0 Å². The van der Waals surface area contributed by atoms with Crippen LogP contribution in [-0.2, 0) is 6.42 Å². The summed E-state index contributed by atoms with van der Waals surface area (Å²) in [6.07, 6.45) is 4.20. The van der Waals surface area contributed by atoms with Crippen molar-refractivity contribution < 1.29 is 4.79 Å². The molecule has 5 nitrogen and oxygen atoms in total. The van der Waals surface area contributed by atoms with E-state index in [2.05, 4.69) is 15.3 Å². The third-order valence-corrected chi connectivity index (χ3v) is 4.56. The molecule has 4 aromatic rings. The van der Waals surface area contributed by atoms with Crippen LogP contribution in [0, 0.1) is 0 Å². The molecule has 134 valence electrons. The highest BCUT2D eigenvalue weighted by Gasteiger charge is 2.09. The molecule has 0 aliphatic carbocycles. The lowest BCUT2D eigenvalue weighted by molar-refractivity contribution is 0.0954. The highest BCUT2D eigenvalue weighted by molar-refractivity contribution is 6.30. The predicted molar refractivity (Wildman–Crippen MR) is 106 cm³/mol. The van der Waals surface area contributed by atoms with Crippen molar-refractivity contribution in [3.63, 3.8) is 0 Å². The Labute approximate surface area is 161 Å². The van der Waals surface area contributed by atoms with Gasteiger partial charge in [-0.2, -0.15) is 0 Å². The van der Waals surface area contributed by atoms with Crippen molar-refractivity contribution in [1.29, 1.82) is 0 Å². The van der Waals surface area contributed by atoms with Crippen LogP contribution < -0.4 is 5.32 Å². The number of rotatable bonds is 5. The third-order valence-electron chi connectivity index (χ3n) is 4.31. The highest BCUT2D eigenvalue weighted by Crippen LogP contribution is 2.17. The Bertz CT molecular complexity index is 1090. The van der Waals surface area contributed by atoms with Gasteiger partial charge in [0.2, 0.25) is 0 Å². The molecule has 1 amide bonds. The van der Waals surface area contributed by atoms with Gasteiger partial charge in [0.1, 0.15) is 11.8 Å².